The molecule has 0 atom stereocenters. The summed E-state index contributed by atoms with van der Waals surface area (Å²) in [6.45, 7) is 0. The summed E-state index contributed by atoms with van der Waals surface area (Å²) < 4.78 is 14.8. The minimum Gasteiger partial charge on any atom is -0.229 e. The molecule has 0 fully saturated rings. The second-order valence-electron chi connectivity index (χ2n) is 3.69. The minimum atomic E-state index is -0.215. The maximum atomic E-state index is 13.5. The Morgan fingerprint density at radius 2 is 2.11 bits per heavy atom. The number of aromatic nitrogens is 3. The van der Waals surface area contributed by atoms with E-state index in [0.717, 1.165) is 4.70 Å². The van der Waals surface area contributed by atoms with E-state index in [0.29, 0.717) is 26.6 Å². The second kappa shape index (κ2) is 5.40. The van der Waals surface area contributed by atoms with Gasteiger partial charge in [0, 0.05) is 5.75 Å². The largest absolute Gasteiger partial charge is 0.229 e. The molecule has 0 saturated heterocycles. The number of thiazole rings is 1. The molecule has 1 aromatic carbocycles. The highest BCUT2D eigenvalue weighted by molar-refractivity contribution is 7.98. The summed E-state index contributed by atoms with van der Waals surface area (Å²) >= 11 is 8.52. The van der Waals surface area contributed by atoms with Crippen LogP contribution in [0.15, 0.2) is 35.6 Å². The number of halogens is 2. The summed E-state index contributed by atoms with van der Waals surface area (Å²) in [5.41, 5.74) is 1.22. The van der Waals surface area contributed by atoms with E-state index in [2.05, 4.69) is 15.0 Å². The fraction of sp³-hybridized carbons (Fsp3) is 0.0833. The van der Waals surface area contributed by atoms with E-state index in [1.807, 2.05) is 6.07 Å². The molecule has 96 valence electrons. The Bertz CT molecular complexity index is 732. The molecule has 0 unspecified atom stereocenters. The van der Waals surface area contributed by atoms with E-state index < -0.39 is 0 Å². The summed E-state index contributed by atoms with van der Waals surface area (Å²) in [6, 6.07) is 6.67. The Morgan fingerprint density at radius 3 is 2.95 bits per heavy atom. The zero-order valence-electron chi connectivity index (χ0n) is 9.51. The average Bonchev–Trinajstić information content (AvgIpc) is 2.77. The van der Waals surface area contributed by atoms with Gasteiger partial charge in [-0.3, -0.25) is 0 Å². The Morgan fingerprint density at radius 1 is 1.26 bits per heavy atom. The van der Waals surface area contributed by atoms with Gasteiger partial charge in [-0.15, -0.1) is 0 Å². The number of fused-ring (bicyclic) bond motifs is 1. The molecule has 19 heavy (non-hydrogen) atoms. The molecule has 2 heterocycles. The molecular formula is C12H7ClFN3S2. The molecule has 0 spiro atoms. The lowest BCUT2D eigenvalue weighted by Crippen LogP contribution is -1.90. The molecule has 0 bridgehead atoms. The third-order valence-corrected chi connectivity index (χ3v) is 4.41. The van der Waals surface area contributed by atoms with Crippen molar-refractivity contribution in [2.24, 2.45) is 0 Å². The highest BCUT2D eigenvalue weighted by Gasteiger charge is 2.07. The van der Waals surface area contributed by atoms with Gasteiger partial charge in [-0.25, -0.2) is 19.3 Å². The van der Waals surface area contributed by atoms with Crippen LogP contribution in [-0.2, 0) is 5.75 Å². The van der Waals surface area contributed by atoms with Crippen molar-refractivity contribution in [1.29, 1.82) is 0 Å². The zero-order valence-corrected chi connectivity index (χ0v) is 11.9. The molecule has 3 nitrogen and oxygen atoms in total. The standard InChI is InChI=1S/C12H7ClFN3S2/c13-11-16-10-9(19-11)5-15-12(17-10)18-6-7-3-1-2-4-8(7)14/h1-5H,6H2. The highest BCUT2D eigenvalue weighted by Crippen LogP contribution is 2.26. The molecular weight excluding hydrogens is 305 g/mol. The first-order chi connectivity index (χ1) is 9.22. The smallest absolute Gasteiger partial charge is 0.189 e. The van der Waals surface area contributed by atoms with Gasteiger partial charge in [-0.05, 0) is 11.6 Å². The summed E-state index contributed by atoms with van der Waals surface area (Å²) in [6.07, 6.45) is 1.69. The van der Waals surface area contributed by atoms with Crippen LogP contribution >= 0.6 is 34.7 Å². The van der Waals surface area contributed by atoms with Crippen LogP contribution < -0.4 is 0 Å². The molecule has 2 aromatic heterocycles. The minimum absolute atomic E-state index is 0.215. The average molecular weight is 312 g/mol. The fourth-order valence-corrected chi connectivity index (χ4v) is 3.25. The van der Waals surface area contributed by atoms with Gasteiger partial charge in [0.2, 0.25) is 0 Å². The Hall–Kier alpha value is -1.24. The van der Waals surface area contributed by atoms with Crippen LogP contribution in [0.25, 0.3) is 10.3 Å². The molecule has 0 aliphatic carbocycles. The lowest BCUT2D eigenvalue weighted by molar-refractivity contribution is 0.617. The topological polar surface area (TPSA) is 38.7 Å². The van der Waals surface area contributed by atoms with Crippen molar-refractivity contribution < 1.29 is 4.39 Å². The fourth-order valence-electron chi connectivity index (χ4n) is 1.52. The molecule has 0 aliphatic heterocycles. The predicted octanol–water partition coefficient (Wildman–Crippen LogP) is 4.17. The van der Waals surface area contributed by atoms with Crippen molar-refractivity contribution in [3.8, 4) is 0 Å². The second-order valence-corrected chi connectivity index (χ2v) is 6.24. The maximum absolute atomic E-state index is 13.5. The lowest BCUT2D eigenvalue weighted by atomic mass is 10.2. The monoisotopic (exact) mass is 311 g/mol. The molecule has 3 rings (SSSR count). The van der Waals surface area contributed by atoms with Crippen LogP contribution in [0.4, 0.5) is 4.39 Å². The molecule has 0 aliphatic rings. The van der Waals surface area contributed by atoms with E-state index >= 15 is 0 Å². The van der Waals surface area contributed by atoms with Crippen molar-refractivity contribution in [2.45, 2.75) is 10.9 Å². The van der Waals surface area contributed by atoms with Gasteiger partial charge < -0.3 is 0 Å². The third-order valence-electron chi connectivity index (χ3n) is 2.42. The molecule has 0 amide bonds. The number of hydrogen-bond acceptors (Lipinski definition) is 5. The van der Waals surface area contributed by atoms with Crippen LogP contribution in [0.5, 0.6) is 0 Å². The molecule has 7 heteroatoms. The van der Waals surface area contributed by atoms with E-state index in [4.69, 9.17) is 11.6 Å². The van der Waals surface area contributed by atoms with Gasteiger partial charge in [0.15, 0.2) is 15.3 Å². The van der Waals surface area contributed by atoms with Gasteiger partial charge in [0.1, 0.15) is 5.82 Å². The number of thioether (sulfide) groups is 1. The van der Waals surface area contributed by atoms with Crippen molar-refractivity contribution in [1.82, 2.24) is 15.0 Å². The molecule has 0 N–H and O–H groups in total. The number of hydrogen-bond donors (Lipinski definition) is 0. The van der Waals surface area contributed by atoms with E-state index in [1.54, 1.807) is 18.3 Å². The summed E-state index contributed by atoms with van der Waals surface area (Å²) in [5.74, 6) is 0.267. The van der Waals surface area contributed by atoms with Gasteiger partial charge in [0.25, 0.3) is 0 Å². The summed E-state index contributed by atoms with van der Waals surface area (Å²) in [7, 11) is 0. The van der Waals surface area contributed by atoms with Gasteiger partial charge in [0.05, 0.1) is 10.9 Å². The van der Waals surface area contributed by atoms with Crippen LogP contribution in [0.3, 0.4) is 0 Å². The first-order valence-electron chi connectivity index (χ1n) is 5.37. The van der Waals surface area contributed by atoms with Crippen molar-refractivity contribution in [3.05, 3.63) is 46.3 Å². The van der Waals surface area contributed by atoms with E-state index in [1.165, 1.54) is 29.2 Å². The Balaban J connectivity index is 1.80. The van der Waals surface area contributed by atoms with Crippen molar-refractivity contribution >= 4 is 45.0 Å². The molecule has 3 aromatic rings. The van der Waals surface area contributed by atoms with Crippen LogP contribution in [-0.4, -0.2) is 15.0 Å². The lowest BCUT2D eigenvalue weighted by Gasteiger charge is -2.01. The number of rotatable bonds is 3. The van der Waals surface area contributed by atoms with Gasteiger partial charge in [-0.1, -0.05) is 52.9 Å². The quantitative estimate of drug-likeness (QED) is 0.537. The van der Waals surface area contributed by atoms with E-state index in [-0.39, 0.29) is 5.82 Å². The number of benzene rings is 1. The maximum Gasteiger partial charge on any atom is 0.189 e. The van der Waals surface area contributed by atoms with E-state index in [9.17, 15) is 4.39 Å². The van der Waals surface area contributed by atoms with Crippen molar-refractivity contribution in [2.75, 3.05) is 0 Å². The van der Waals surface area contributed by atoms with Crippen LogP contribution in [0.1, 0.15) is 5.56 Å². The Kier molecular flexibility index (Phi) is 3.63. The van der Waals surface area contributed by atoms with Gasteiger partial charge >= 0.3 is 0 Å². The van der Waals surface area contributed by atoms with Crippen LogP contribution in [0, 0.1) is 5.82 Å². The third kappa shape index (κ3) is 2.86. The molecule has 0 saturated carbocycles. The van der Waals surface area contributed by atoms with Crippen LogP contribution in [0.2, 0.25) is 4.47 Å². The number of nitrogens with zero attached hydrogens (tertiary/aromatic N) is 3. The molecule has 0 radical (unpaired) electrons. The highest BCUT2D eigenvalue weighted by atomic mass is 35.5. The summed E-state index contributed by atoms with van der Waals surface area (Å²) in [5, 5.41) is 0.567. The summed E-state index contributed by atoms with van der Waals surface area (Å²) in [4.78, 5) is 12.6. The van der Waals surface area contributed by atoms with Gasteiger partial charge in [-0.2, -0.15) is 0 Å². The predicted molar refractivity (Wildman–Crippen MR) is 76.2 cm³/mol. The van der Waals surface area contributed by atoms with Crippen molar-refractivity contribution in [3.63, 3.8) is 0 Å². The normalized spacial score (nSPS) is 11.1. The first-order valence-corrected chi connectivity index (χ1v) is 7.55. The first kappa shape index (κ1) is 12.8. The zero-order chi connectivity index (χ0) is 13.2. The Labute approximate surface area is 121 Å². The SMILES string of the molecule is Fc1ccccc1CSc1ncc2sc(Cl)nc2n1.